The summed E-state index contributed by atoms with van der Waals surface area (Å²) in [6, 6.07) is 68.4. The average Bonchev–Trinajstić information content (AvgIpc) is 4.04. The van der Waals surface area contributed by atoms with Gasteiger partial charge in [0.05, 0.1) is 11.4 Å². The maximum Gasteiger partial charge on any atom is 0.252 e. The molecule has 0 amide bonds. The number of anilines is 9. The van der Waals surface area contributed by atoms with Crippen LogP contribution in [0.4, 0.5) is 51.2 Å². The first-order chi connectivity index (χ1) is 36.3. The lowest BCUT2D eigenvalue weighted by Gasteiger charge is -2.45. The average molecular weight is 994 g/mol. The molecule has 3 aliphatic heterocycles. The quantitative estimate of drug-likeness (QED) is 0.148. The van der Waals surface area contributed by atoms with Gasteiger partial charge in [-0.3, -0.25) is 0 Å². The number of hydrogen-bond acceptors (Lipinski definition) is 5. The summed E-state index contributed by atoms with van der Waals surface area (Å²) in [5, 5.41) is 0. The minimum Gasteiger partial charge on any atom is -0.454 e. The lowest BCUT2D eigenvalue weighted by Crippen LogP contribution is -2.61. The first kappa shape index (κ1) is 49.0. The number of para-hydroxylation sites is 2. The molecule has 3 heterocycles. The molecule has 6 heteroatoms. The van der Waals surface area contributed by atoms with Crippen LogP contribution in [0, 0.1) is 20.8 Å². The number of rotatable bonds is 7. The molecule has 9 aromatic rings. The Kier molecular flexibility index (Phi) is 11.7. The molecule has 378 valence electrons. The van der Waals surface area contributed by atoms with Crippen LogP contribution in [0.1, 0.15) is 95.7 Å². The monoisotopic (exact) mass is 994 g/mol. The Morgan fingerprint density at radius 1 is 0.421 bits per heavy atom. The van der Waals surface area contributed by atoms with Gasteiger partial charge in [-0.2, -0.15) is 0 Å². The topological polar surface area (TPSA) is 28.2 Å². The second kappa shape index (κ2) is 18.1. The predicted molar refractivity (Wildman–Crippen MR) is 322 cm³/mol. The Labute approximate surface area is 451 Å². The largest absolute Gasteiger partial charge is 0.454 e. The van der Waals surface area contributed by atoms with Crippen molar-refractivity contribution in [1.82, 2.24) is 0 Å². The fourth-order valence-electron chi connectivity index (χ4n) is 12.0. The lowest BCUT2D eigenvalue weighted by molar-refractivity contribution is 0.174. The van der Waals surface area contributed by atoms with Crippen molar-refractivity contribution in [3.8, 4) is 33.8 Å². The summed E-state index contributed by atoms with van der Waals surface area (Å²) in [5.74, 6) is 1.56. The number of fused-ring (bicyclic) bond motifs is 6. The zero-order valence-corrected chi connectivity index (χ0v) is 46.3. The van der Waals surface area contributed by atoms with Crippen molar-refractivity contribution in [3.05, 3.63) is 215 Å². The minimum absolute atomic E-state index is 0.0179. The van der Waals surface area contributed by atoms with E-state index >= 15 is 0 Å². The van der Waals surface area contributed by atoms with Gasteiger partial charge in [-0.05, 0) is 182 Å². The molecule has 5 nitrogen and oxygen atoms in total. The van der Waals surface area contributed by atoms with E-state index in [1.165, 1.54) is 66.6 Å². The third-order valence-electron chi connectivity index (χ3n) is 15.9. The fourth-order valence-corrected chi connectivity index (χ4v) is 12.0. The SMILES string of the molecule is Cc1cc2c3c(c1)N(c1c(C)cc(C(C)(C)C)cc1C)c1c(ccc4c1OCO4)B3c1ccc(N(c3ccccc3)c3ccccc3)cc1N2c1cc(-c2ccc(C(C)(C)C)cc2)cc(-c2ccc(C(C)(C)C)cc2)c1. The van der Waals surface area contributed by atoms with Crippen molar-refractivity contribution in [2.75, 3.05) is 21.5 Å². The van der Waals surface area contributed by atoms with Gasteiger partial charge < -0.3 is 24.2 Å². The van der Waals surface area contributed by atoms with Crippen LogP contribution in [0.25, 0.3) is 22.3 Å². The van der Waals surface area contributed by atoms with Gasteiger partial charge in [0.25, 0.3) is 6.71 Å². The van der Waals surface area contributed by atoms with Crippen LogP contribution in [0.15, 0.2) is 182 Å². The third kappa shape index (κ3) is 8.43. The molecule has 76 heavy (non-hydrogen) atoms. The van der Waals surface area contributed by atoms with E-state index in [0.29, 0.717) is 0 Å². The van der Waals surface area contributed by atoms with Gasteiger partial charge in [-0.25, -0.2) is 0 Å². The van der Waals surface area contributed by atoms with Crippen LogP contribution < -0.4 is 40.6 Å². The highest BCUT2D eigenvalue weighted by molar-refractivity contribution is 7.00. The van der Waals surface area contributed by atoms with Gasteiger partial charge in [0.1, 0.15) is 0 Å². The van der Waals surface area contributed by atoms with Gasteiger partial charge in [-0.1, -0.05) is 172 Å². The molecule has 0 aromatic heterocycles. The van der Waals surface area contributed by atoms with Gasteiger partial charge in [0.2, 0.25) is 6.79 Å². The maximum absolute atomic E-state index is 6.60. The number of hydrogen-bond donors (Lipinski definition) is 0. The molecule has 0 radical (unpaired) electrons. The van der Waals surface area contributed by atoms with E-state index in [1.54, 1.807) is 0 Å². The Morgan fingerprint density at radius 3 is 1.46 bits per heavy atom. The molecule has 0 fully saturated rings. The van der Waals surface area contributed by atoms with Crippen molar-refractivity contribution < 1.29 is 9.47 Å². The minimum atomic E-state index is -0.138. The standard InChI is InChI=1S/C70H68BN3O2/c1-44-35-61-64-62(36-44)74(65-45(2)37-53(38-46(65)3)70(10,11)12)66-59(33-34-63-67(66)76-43-75-63)71(64)58-32-31-56(72(54-19-15-13-16-20-54)55-21-17-14-18-22-55)42-60(58)73(61)57-40-49(47-23-27-51(28-24-47)68(4,5)6)39-50(41-57)48-25-29-52(30-26-48)69(7,8)9/h13-42H,43H2,1-12H3. The normalized spacial score (nSPS) is 13.6. The van der Waals surface area contributed by atoms with E-state index in [4.69, 9.17) is 9.47 Å². The lowest BCUT2D eigenvalue weighted by atomic mass is 9.33. The van der Waals surface area contributed by atoms with Crippen molar-refractivity contribution in [1.29, 1.82) is 0 Å². The second-order valence-electron chi connectivity index (χ2n) is 24.4. The van der Waals surface area contributed by atoms with Crippen LogP contribution in [0.2, 0.25) is 0 Å². The van der Waals surface area contributed by atoms with Crippen molar-refractivity contribution in [2.45, 2.75) is 99.3 Å². The molecule has 9 aromatic carbocycles. The van der Waals surface area contributed by atoms with E-state index in [0.717, 1.165) is 68.1 Å². The summed E-state index contributed by atoms with van der Waals surface area (Å²) >= 11 is 0. The van der Waals surface area contributed by atoms with E-state index in [-0.39, 0.29) is 29.8 Å². The number of ether oxygens (including phenoxy) is 2. The molecular formula is C70H68BN3O2. The van der Waals surface area contributed by atoms with Gasteiger partial charge in [0.15, 0.2) is 11.5 Å². The van der Waals surface area contributed by atoms with E-state index < -0.39 is 0 Å². The van der Waals surface area contributed by atoms with Crippen LogP contribution in [-0.2, 0) is 16.2 Å². The molecule has 12 rings (SSSR count). The highest BCUT2D eigenvalue weighted by Crippen LogP contribution is 2.53. The maximum atomic E-state index is 6.60. The van der Waals surface area contributed by atoms with Crippen molar-refractivity contribution in [2.24, 2.45) is 0 Å². The van der Waals surface area contributed by atoms with Crippen LogP contribution >= 0.6 is 0 Å². The first-order valence-electron chi connectivity index (χ1n) is 27.0. The third-order valence-corrected chi connectivity index (χ3v) is 15.9. The molecule has 0 unspecified atom stereocenters. The zero-order chi connectivity index (χ0) is 53.0. The summed E-state index contributed by atoms with van der Waals surface area (Å²) < 4.78 is 12.8. The number of nitrogens with zero attached hydrogens (tertiary/aromatic N) is 3. The first-order valence-corrected chi connectivity index (χ1v) is 27.0. The summed E-state index contributed by atoms with van der Waals surface area (Å²) in [5.41, 5.74) is 25.9. The Morgan fingerprint density at radius 2 is 0.934 bits per heavy atom. The molecule has 0 saturated heterocycles. The summed E-state index contributed by atoms with van der Waals surface area (Å²) in [6.45, 7) is 27.5. The smallest absolute Gasteiger partial charge is 0.252 e. The predicted octanol–water partition coefficient (Wildman–Crippen LogP) is 17.1. The summed E-state index contributed by atoms with van der Waals surface area (Å²) in [7, 11) is 0. The Bertz CT molecular complexity index is 3580. The highest BCUT2D eigenvalue weighted by atomic mass is 16.7. The Hall–Kier alpha value is -7.96. The van der Waals surface area contributed by atoms with Crippen molar-refractivity contribution in [3.63, 3.8) is 0 Å². The summed E-state index contributed by atoms with van der Waals surface area (Å²) in [4.78, 5) is 7.47. The van der Waals surface area contributed by atoms with Crippen LogP contribution in [0.5, 0.6) is 11.5 Å². The Balaban J connectivity index is 1.17. The highest BCUT2D eigenvalue weighted by Gasteiger charge is 2.46. The van der Waals surface area contributed by atoms with Gasteiger partial charge in [-0.15, -0.1) is 0 Å². The van der Waals surface area contributed by atoms with Gasteiger partial charge in [0, 0.05) is 39.8 Å². The molecule has 0 bridgehead atoms. The molecule has 3 aliphatic rings. The van der Waals surface area contributed by atoms with Crippen LogP contribution in [0.3, 0.4) is 0 Å². The molecule has 0 saturated carbocycles. The molecular weight excluding hydrogens is 926 g/mol. The van der Waals surface area contributed by atoms with Gasteiger partial charge >= 0.3 is 0 Å². The number of aryl methyl sites for hydroxylation is 3. The van der Waals surface area contributed by atoms with Crippen LogP contribution in [-0.4, -0.2) is 13.5 Å². The fraction of sp³-hybridized carbons (Fsp3) is 0.229. The van der Waals surface area contributed by atoms with E-state index in [2.05, 4.69) is 280 Å². The molecule has 0 N–H and O–H groups in total. The molecule has 0 spiro atoms. The molecule has 0 aliphatic carbocycles. The summed E-state index contributed by atoms with van der Waals surface area (Å²) in [6.07, 6.45) is 0. The second-order valence-corrected chi connectivity index (χ2v) is 24.4. The number of benzene rings is 9. The zero-order valence-electron chi connectivity index (χ0n) is 46.3. The molecule has 0 atom stereocenters. The van der Waals surface area contributed by atoms with Crippen molar-refractivity contribution >= 4 is 74.3 Å². The van der Waals surface area contributed by atoms with E-state index in [1.807, 2.05) is 0 Å². The van der Waals surface area contributed by atoms with E-state index in [9.17, 15) is 0 Å².